The molecule has 0 radical (unpaired) electrons. The SMILES string of the molecule is CC(C)C(C)N(C)c1ccc(F)cc1N. The normalized spacial score (nSPS) is 12.9. The average molecular weight is 210 g/mol. The van der Waals surface area contributed by atoms with Gasteiger partial charge in [-0.15, -0.1) is 0 Å². The number of hydrogen-bond acceptors (Lipinski definition) is 2. The molecule has 0 aliphatic heterocycles. The highest BCUT2D eigenvalue weighted by Gasteiger charge is 2.15. The molecule has 15 heavy (non-hydrogen) atoms. The summed E-state index contributed by atoms with van der Waals surface area (Å²) >= 11 is 0. The van der Waals surface area contributed by atoms with Gasteiger partial charge in [-0.2, -0.15) is 0 Å². The molecule has 0 saturated carbocycles. The Morgan fingerprint density at radius 2 is 1.87 bits per heavy atom. The highest BCUT2D eigenvalue weighted by Crippen LogP contribution is 2.26. The third-order valence-corrected chi connectivity index (χ3v) is 2.95. The minimum absolute atomic E-state index is 0.290. The van der Waals surface area contributed by atoms with Crippen molar-refractivity contribution in [1.82, 2.24) is 0 Å². The van der Waals surface area contributed by atoms with Crippen LogP contribution in [0.3, 0.4) is 0 Å². The van der Waals surface area contributed by atoms with Gasteiger partial charge in [-0.05, 0) is 31.0 Å². The maximum atomic E-state index is 12.9. The summed E-state index contributed by atoms with van der Waals surface area (Å²) in [6.45, 7) is 6.44. The van der Waals surface area contributed by atoms with Gasteiger partial charge in [0, 0.05) is 13.1 Å². The minimum atomic E-state index is -0.290. The summed E-state index contributed by atoms with van der Waals surface area (Å²) in [5.74, 6) is 0.237. The van der Waals surface area contributed by atoms with Crippen molar-refractivity contribution in [2.75, 3.05) is 17.7 Å². The lowest BCUT2D eigenvalue weighted by molar-refractivity contribution is 0.505. The van der Waals surface area contributed by atoms with Gasteiger partial charge in [0.05, 0.1) is 11.4 Å². The summed E-state index contributed by atoms with van der Waals surface area (Å²) in [5, 5.41) is 0. The third kappa shape index (κ3) is 2.61. The fraction of sp³-hybridized carbons (Fsp3) is 0.500. The van der Waals surface area contributed by atoms with E-state index in [1.165, 1.54) is 12.1 Å². The van der Waals surface area contributed by atoms with Gasteiger partial charge in [0.1, 0.15) is 5.82 Å². The van der Waals surface area contributed by atoms with Crippen LogP contribution in [0.1, 0.15) is 20.8 Å². The number of rotatable bonds is 3. The lowest BCUT2D eigenvalue weighted by Gasteiger charge is -2.30. The summed E-state index contributed by atoms with van der Waals surface area (Å²) in [4.78, 5) is 2.08. The van der Waals surface area contributed by atoms with E-state index >= 15 is 0 Å². The zero-order chi connectivity index (χ0) is 11.6. The maximum Gasteiger partial charge on any atom is 0.125 e. The number of anilines is 2. The average Bonchev–Trinajstić information content (AvgIpc) is 2.15. The molecule has 0 amide bonds. The number of nitrogens with two attached hydrogens (primary N) is 1. The molecule has 2 N–H and O–H groups in total. The van der Waals surface area contributed by atoms with Crippen molar-refractivity contribution in [3.05, 3.63) is 24.0 Å². The van der Waals surface area contributed by atoms with E-state index in [4.69, 9.17) is 5.73 Å². The summed E-state index contributed by atoms with van der Waals surface area (Å²) < 4.78 is 12.9. The van der Waals surface area contributed by atoms with Crippen molar-refractivity contribution in [1.29, 1.82) is 0 Å². The first-order valence-corrected chi connectivity index (χ1v) is 5.21. The molecule has 0 spiro atoms. The number of nitrogens with zero attached hydrogens (tertiary/aromatic N) is 1. The molecular formula is C12H19FN2. The van der Waals surface area contributed by atoms with E-state index in [0.29, 0.717) is 17.6 Å². The quantitative estimate of drug-likeness (QED) is 0.777. The standard InChI is InChI=1S/C12H19FN2/c1-8(2)9(3)15(4)12-6-5-10(13)7-11(12)14/h5-9H,14H2,1-4H3. The van der Waals surface area contributed by atoms with Gasteiger partial charge in [-0.1, -0.05) is 13.8 Å². The van der Waals surface area contributed by atoms with Gasteiger partial charge in [-0.3, -0.25) is 0 Å². The van der Waals surface area contributed by atoms with Crippen LogP contribution in [0.2, 0.25) is 0 Å². The molecule has 0 heterocycles. The Balaban J connectivity index is 2.96. The Morgan fingerprint density at radius 3 is 2.33 bits per heavy atom. The predicted molar refractivity (Wildman–Crippen MR) is 63.5 cm³/mol. The summed E-state index contributed by atoms with van der Waals surface area (Å²) in [6.07, 6.45) is 0. The molecule has 0 saturated heterocycles. The molecule has 1 unspecified atom stereocenters. The van der Waals surface area contributed by atoms with Crippen molar-refractivity contribution in [3.63, 3.8) is 0 Å². The molecule has 0 aliphatic carbocycles. The van der Waals surface area contributed by atoms with Gasteiger partial charge in [-0.25, -0.2) is 4.39 Å². The Hall–Kier alpha value is -1.25. The lowest BCUT2D eigenvalue weighted by atomic mass is 10.0. The zero-order valence-corrected chi connectivity index (χ0v) is 9.79. The molecule has 0 aliphatic rings. The molecule has 1 aromatic carbocycles. The summed E-state index contributed by atoms with van der Waals surface area (Å²) in [5.41, 5.74) is 7.16. The number of halogens is 1. The smallest absolute Gasteiger partial charge is 0.125 e. The molecule has 0 aromatic heterocycles. The monoisotopic (exact) mass is 210 g/mol. The molecular weight excluding hydrogens is 191 g/mol. The molecule has 1 aromatic rings. The van der Waals surface area contributed by atoms with Crippen LogP contribution >= 0.6 is 0 Å². The first-order valence-electron chi connectivity index (χ1n) is 5.21. The Bertz CT molecular complexity index is 336. The van der Waals surface area contributed by atoms with Crippen LogP contribution in [0.4, 0.5) is 15.8 Å². The second-order valence-electron chi connectivity index (χ2n) is 4.30. The molecule has 0 fully saturated rings. The van der Waals surface area contributed by atoms with Crippen molar-refractivity contribution in [3.8, 4) is 0 Å². The topological polar surface area (TPSA) is 29.3 Å². The predicted octanol–water partition coefficient (Wildman–Crippen LogP) is 2.89. The van der Waals surface area contributed by atoms with Crippen LogP contribution in [0.5, 0.6) is 0 Å². The first kappa shape index (κ1) is 11.8. The molecule has 2 nitrogen and oxygen atoms in total. The van der Waals surface area contributed by atoms with E-state index in [2.05, 4.69) is 25.7 Å². The summed E-state index contributed by atoms with van der Waals surface area (Å²) in [6, 6.07) is 4.90. The first-order chi connectivity index (χ1) is 6.93. The van der Waals surface area contributed by atoms with Gasteiger partial charge >= 0.3 is 0 Å². The van der Waals surface area contributed by atoms with Crippen molar-refractivity contribution >= 4 is 11.4 Å². The van der Waals surface area contributed by atoms with Gasteiger partial charge in [0.15, 0.2) is 0 Å². The number of hydrogen-bond donors (Lipinski definition) is 1. The molecule has 1 atom stereocenters. The Kier molecular flexibility index (Phi) is 3.56. The van der Waals surface area contributed by atoms with Crippen LogP contribution in [-0.4, -0.2) is 13.1 Å². The van der Waals surface area contributed by atoms with E-state index in [1.807, 2.05) is 7.05 Å². The highest BCUT2D eigenvalue weighted by molar-refractivity contribution is 5.67. The van der Waals surface area contributed by atoms with Crippen LogP contribution in [0, 0.1) is 11.7 Å². The fourth-order valence-electron chi connectivity index (χ4n) is 1.51. The van der Waals surface area contributed by atoms with Gasteiger partial charge in [0.25, 0.3) is 0 Å². The van der Waals surface area contributed by atoms with Crippen molar-refractivity contribution in [2.24, 2.45) is 5.92 Å². The van der Waals surface area contributed by atoms with E-state index in [9.17, 15) is 4.39 Å². The molecule has 1 rings (SSSR count). The van der Waals surface area contributed by atoms with E-state index in [0.717, 1.165) is 5.69 Å². The Labute approximate surface area is 90.9 Å². The van der Waals surface area contributed by atoms with Crippen LogP contribution in [-0.2, 0) is 0 Å². The number of nitrogen functional groups attached to an aromatic ring is 1. The van der Waals surface area contributed by atoms with E-state index in [1.54, 1.807) is 6.07 Å². The minimum Gasteiger partial charge on any atom is -0.397 e. The van der Waals surface area contributed by atoms with Crippen LogP contribution in [0.25, 0.3) is 0 Å². The van der Waals surface area contributed by atoms with Gasteiger partial charge < -0.3 is 10.6 Å². The molecule has 0 bridgehead atoms. The molecule has 3 heteroatoms. The van der Waals surface area contributed by atoms with Crippen LogP contribution in [0.15, 0.2) is 18.2 Å². The van der Waals surface area contributed by atoms with E-state index < -0.39 is 0 Å². The second-order valence-corrected chi connectivity index (χ2v) is 4.30. The largest absolute Gasteiger partial charge is 0.397 e. The maximum absolute atomic E-state index is 12.9. The van der Waals surface area contributed by atoms with Crippen LogP contribution < -0.4 is 10.6 Å². The number of benzene rings is 1. The lowest BCUT2D eigenvalue weighted by Crippen LogP contribution is -2.33. The summed E-state index contributed by atoms with van der Waals surface area (Å²) in [7, 11) is 1.98. The molecule has 84 valence electrons. The van der Waals surface area contributed by atoms with E-state index in [-0.39, 0.29) is 5.82 Å². The van der Waals surface area contributed by atoms with Gasteiger partial charge in [0.2, 0.25) is 0 Å². The van der Waals surface area contributed by atoms with Crippen molar-refractivity contribution in [2.45, 2.75) is 26.8 Å². The van der Waals surface area contributed by atoms with Crippen molar-refractivity contribution < 1.29 is 4.39 Å². The fourth-order valence-corrected chi connectivity index (χ4v) is 1.51. The third-order valence-electron chi connectivity index (χ3n) is 2.95. The zero-order valence-electron chi connectivity index (χ0n) is 9.79. The highest BCUT2D eigenvalue weighted by atomic mass is 19.1. The Morgan fingerprint density at radius 1 is 1.27 bits per heavy atom. The second kappa shape index (κ2) is 4.51.